The molecule has 0 saturated carbocycles. The molecule has 0 aromatic rings. The number of rotatable bonds is 0. The molecule has 0 bridgehead atoms. The molecule has 0 unspecified atom stereocenters. The van der Waals surface area contributed by atoms with Crippen LogP contribution in [-0.2, 0) is 0 Å². The number of hydrogen-bond acceptors (Lipinski definition) is 6. The van der Waals surface area contributed by atoms with Crippen LogP contribution in [0.1, 0.15) is 0 Å². The first-order chi connectivity index (χ1) is 3.46. The SMILES string of the molecule is O=[N+]([O-])[O-].O=[N+]([O-])[O-].[Ce+3].[La+3]. The summed E-state index contributed by atoms with van der Waals surface area (Å²) in [5.74, 6) is 0. The maximum atomic E-state index is 8.25. The van der Waals surface area contributed by atoms with E-state index in [1.807, 2.05) is 0 Å². The van der Waals surface area contributed by atoms with Crippen molar-refractivity contribution in [1.29, 1.82) is 0 Å². The van der Waals surface area contributed by atoms with E-state index in [1.165, 1.54) is 0 Å². The number of hydrogen-bond donors (Lipinski definition) is 0. The smallest absolute Gasteiger partial charge is 0.356 e. The van der Waals surface area contributed by atoms with Gasteiger partial charge in [-0.2, -0.15) is 0 Å². The van der Waals surface area contributed by atoms with Crippen molar-refractivity contribution in [3.63, 3.8) is 0 Å². The summed E-state index contributed by atoms with van der Waals surface area (Å²) in [5, 5.41) is 29.5. The fraction of sp³-hybridized carbons (Fsp3) is 0. The van der Waals surface area contributed by atoms with E-state index in [0.717, 1.165) is 0 Å². The Morgan fingerprint density at radius 2 is 0.800 bits per heavy atom. The predicted molar refractivity (Wildman–Crippen MR) is 20.7 cm³/mol. The Morgan fingerprint density at radius 3 is 0.800 bits per heavy atom. The van der Waals surface area contributed by atoms with E-state index in [4.69, 9.17) is 30.6 Å². The molecule has 0 aromatic carbocycles. The van der Waals surface area contributed by atoms with Crippen LogP contribution in [0, 0.1) is 108 Å². The summed E-state index contributed by atoms with van der Waals surface area (Å²) in [4.78, 5) is 16.5. The van der Waals surface area contributed by atoms with E-state index in [1.54, 1.807) is 0 Å². The van der Waals surface area contributed by atoms with Crippen molar-refractivity contribution in [1.82, 2.24) is 0 Å². The molecule has 10 heavy (non-hydrogen) atoms. The molecule has 0 saturated heterocycles. The molecule has 0 atom stereocenters. The first-order valence-corrected chi connectivity index (χ1v) is 1.10. The average Bonchev–Trinajstić information content (AvgIpc) is 1.25. The van der Waals surface area contributed by atoms with Gasteiger partial charge in [-0.3, -0.25) is 0 Å². The second kappa shape index (κ2) is 16.5. The molecule has 0 rings (SSSR count). The Bertz CT molecular complexity index is 73.7. The Hall–Kier alpha value is 0.971. The fourth-order valence-corrected chi connectivity index (χ4v) is 0. The summed E-state index contributed by atoms with van der Waals surface area (Å²) in [6, 6.07) is 0. The zero-order chi connectivity index (χ0) is 7.15. The normalized spacial score (nSPS) is 4.80. The van der Waals surface area contributed by atoms with Crippen LogP contribution in [0.3, 0.4) is 0 Å². The second-order valence-corrected chi connectivity index (χ2v) is 0.447. The van der Waals surface area contributed by atoms with Gasteiger partial charge in [0.05, 0.1) is 10.2 Å². The Labute approximate surface area is 116 Å². The molecule has 10 heteroatoms. The monoisotopic (exact) mass is 403 g/mol. The molecular weight excluding hydrogens is 403 g/mol. The molecule has 0 aliphatic carbocycles. The van der Waals surface area contributed by atoms with E-state index < -0.39 is 10.2 Å². The molecule has 0 aromatic heterocycles. The summed E-state index contributed by atoms with van der Waals surface area (Å²) in [5.41, 5.74) is 0. The first-order valence-electron chi connectivity index (χ1n) is 1.10. The van der Waals surface area contributed by atoms with Crippen molar-refractivity contribution in [3.8, 4) is 0 Å². The summed E-state index contributed by atoms with van der Waals surface area (Å²) < 4.78 is 0. The topological polar surface area (TPSA) is 132 Å². The zero-order valence-electron chi connectivity index (χ0n) is 4.42. The van der Waals surface area contributed by atoms with Gasteiger partial charge in [0, 0.05) is 0 Å². The maximum absolute atomic E-state index is 8.25. The molecular formula is CeLaN2O6+4. The van der Waals surface area contributed by atoms with E-state index >= 15 is 0 Å². The van der Waals surface area contributed by atoms with Crippen molar-refractivity contribution in [2.45, 2.75) is 0 Å². The molecule has 0 aliphatic rings. The van der Waals surface area contributed by atoms with Gasteiger partial charge < -0.3 is 30.6 Å². The Balaban J connectivity index is -0.0000000300. The summed E-state index contributed by atoms with van der Waals surface area (Å²) in [6.07, 6.45) is 0. The Morgan fingerprint density at radius 1 is 0.800 bits per heavy atom. The molecule has 0 heterocycles. The van der Waals surface area contributed by atoms with Crippen LogP contribution < -0.4 is 0 Å². The summed E-state index contributed by atoms with van der Waals surface area (Å²) in [6.45, 7) is 0. The van der Waals surface area contributed by atoms with Crippen molar-refractivity contribution in [2.75, 3.05) is 0 Å². The van der Waals surface area contributed by atoms with Gasteiger partial charge in [-0.1, -0.05) is 0 Å². The van der Waals surface area contributed by atoms with Crippen LogP contribution >= 0.6 is 0 Å². The Kier molecular flexibility index (Phi) is 37.1. The van der Waals surface area contributed by atoms with Crippen molar-refractivity contribution < 1.29 is 87.5 Å². The van der Waals surface area contributed by atoms with Crippen LogP contribution in [0.25, 0.3) is 0 Å². The quantitative estimate of drug-likeness (QED) is 0.397. The molecule has 0 spiro atoms. The average molecular weight is 403 g/mol. The minimum atomic E-state index is -1.75. The summed E-state index contributed by atoms with van der Waals surface area (Å²) >= 11 is 0. The third-order valence-corrected chi connectivity index (χ3v) is 0. The van der Waals surface area contributed by atoms with Crippen molar-refractivity contribution in [2.24, 2.45) is 0 Å². The van der Waals surface area contributed by atoms with Crippen LogP contribution in [-0.4, -0.2) is 10.2 Å². The van der Waals surface area contributed by atoms with Crippen molar-refractivity contribution in [3.05, 3.63) is 30.6 Å². The minimum absolute atomic E-state index is 0. The largest absolute Gasteiger partial charge is 3.00 e. The van der Waals surface area contributed by atoms with E-state index in [9.17, 15) is 0 Å². The van der Waals surface area contributed by atoms with Crippen molar-refractivity contribution >= 4 is 0 Å². The molecule has 0 fully saturated rings. The second-order valence-electron chi connectivity index (χ2n) is 0.447. The van der Waals surface area contributed by atoms with Gasteiger partial charge in [0.15, 0.2) is 0 Å². The van der Waals surface area contributed by atoms with E-state index in [2.05, 4.69) is 0 Å². The molecule has 1 radical (unpaired) electrons. The van der Waals surface area contributed by atoms with Gasteiger partial charge in [0.2, 0.25) is 0 Å². The van der Waals surface area contributed by atoms with Crippen LogP contribution in [0.5, 0.6) is 0 Å². The first kappa shape index (κ1) is 22.4. The van der Waals surface area contributed by atoms with Gasteiger partial charge in [-0.05, 0) is 0 Å². The van der Waals surface area contributed by atoms with Gasteiger partial charge in [0.25, 0.3) is 0 Å². The maximum Gasteiger partial charge on any atom is 3.00 e. The van der Waals surface area contributed by atoms with Gasteiger partial charge in [-0.15, -0.1) is 0 Å². The minimum Gasteiger partial charge on any atom is -0.356 e. The number of nitrogens with zero attached hydrogens (tertiary/aromatic N) is 2. The van der Waals surface area contributed by atoms with E-state index in [0.29, 0.717) is 0 Å². The molecule has 0 N–H and O–H groups in total. The molecule has 49 valence electrons. The van der Waals surface area contributed by atoms with Gasteiger partial charge in [0.1, 0.15) is 0 Å². The van der Waals surface area contributed by atoms with Crippen LogP contribution in [0.15, 0.2) is 0 Å². The molecule has 0 aliphatic heterocycles. The van der Waals surface area contributed by atoms with Crippen LogP contribution in [0.4, 0.5) is 0 Å². The fourth-order valence-electron chi connectivity index (χ4n) is 0. The molecule has 8 nitrogen and oxygen atoms in total. The third-order valence-electron chi connectivity index (χ3n) is 0. The molecule has 0 amide bonds. The third kappa shape index (κ3) is 604. The van der Waals surface area contributed by atoms with Crippen LogP contribution in [0.2, 0.25) is 0 Å². The summed E-state index contributed by atoms with van der Waals surface area (Å²) in [7, 11) is 0. The van der Waals surface area contributed by atoms with Gasteiger partial charge >= 0.3 is 77.3 Å². The standard InChI is InChI=1S/Ce.La.2NO3/c;;2*2-1(3)4/q2*+3;2*-1. The van der Waals surface area contributed by atoms with E-state index in [-0.39, 0.29) is 77.3 Å². The van der Waals surface area contributed by atoms with Gasteiger partial charge in [-0.25, -0.2) is 0 Å². The zero-order valence-corrected chi connectivity index (χ0v) is 11.2. The predicted octanol–water partition coefficient (Wildman–Crippen LogP) is -0.478.